The van der Waals surface area contributed by atoms with Gasteiger partial charge in [-0.3, -0.25) is 9.69 Å². The molecule has 1 fully saturated rings. The van der Waals surface area contributed by atoms with E-state index in [0.29, 0.717) is 30.3 Å². The molecule has 2 aromatic rings. The maximum atomic E-state index is 13.0. The second-order valence-corrected chi connectivity index (χ2v) is 10.3. The molecule has 6 nitrogen and oxygen atoms in total. The van der Waals surface area contributed by atoms with Gasteiger partial charge in [0.25, 0.3) is 0 Å². The Morgan fingerprint density at radius 2 is 1.74 bits per heavy atom. The molecule has 0 N–H and O–H groups in total. The molecule has 0 radical (unpaired) electrons. The van der Waals surface area contributed by atoms with Crippen LogP contribution in [0.3, 0.4) is 0 Å². The molecule has 2 aromatic carbocycles. The van der Waals surface area contributed by atoms with Crippen LogP contribution < -0.4 is 4.74 Å². The molecule has 0 aliphatic carbocycles. The van der Waals surface area contributed by atoms with E-state index in [1.165, 1.54) is 0 Å². The van der Waals surface area contributed by atoms with Crippen molar-refractivity contribution in [3.05, 3.63) is 64.7 Å². The van der Waals surface area contributed by atoms with E-state index in [4.69, 9.17) is 21.1 Å². The lowest BCUT2D eigenvalue weighted by molar-refractivity contribution is -0.157. The van der Waals surface area contributed by atoms with E-state index in [-0.39, 0.29) is 24.6 Å². The van der Waals surface area contributed by atoms with Gasteiger partial charge < -0.3 is 14.4 Å². The lowest BCUT2D eigenvalue weighted by Crippen LogP contribution is -2.58. The number of nitrogens with zero attached hydrogens (tertiary/aromatic N) is 2. The molecule has 1 aliphatic rings. The van der Waals surface area contributed by atoms with E-state index in [9.17, 15) is 9.59 Å². The normalized spacial score (nSPS) is 19.1. The quantitative estimate of drug-likeness (QED) is 0.530. The Balaban J connectivity index is 1.64. The molecule has 7 heteroatoms. The Morgan fingerprint density at radius 1 is 1.03 bits per heavy atom. The third-order valence-electron chi connectivity index (χ3n) is 6.07. The van der Waals surface area contributed by atoms with Gasteiger partial charge in [-0.15, -0.1) is 0 Å². The molecule has 1 heterocycles. The smallest absolute Gasteiger partial charge is 0.344 e. The number of ether oxygens (including phenoxy) is 2. The maximum Gasteiger partial charge on any atom is 0.344 e. The molecule has 1 saturated heterocycles. The predicted octanol–water partition coefficient (Wildman–Crippen LogP) is 4.72. The van der Waals surface area contributed by atoms with Crippen molar-refractivity contribution in [2.75, 3.05) is 19.7 Å². The number of esters is 1. The van der Waals surface area contributed by atoms with Crippen molar-refractivity contribution in [2.45, 2.75) is 65.3 Å². The summed E-state index contributed by atoms with van der Waals surface area (Å²) in [4.78, 5) is 29.4. The number of rotatable bonds is 7. The Labute approximate surface area is 207 Å². The Morgan fingerprint density at radius 3 is 2.41 bits per heavy atom. The Bertz CT molecular complexity index is 990. The van der Waals surface area contributed by atoms with Crippen molar-refractivity contribution in [3.63, 3.8) is 0 Å². The van der Waals surface area contributed by atoms with Gasteiger partial charge in [-0.05, 0) is 58.4 Å². The number of hydrogen-bond acceptors (Lipinski definition) is 5. The standard InChI is InChI=1S/C27H35ClN2O4/c1-19-20(2)30(25(31)15-21-9-7-6-8-10-21)14-13-29(19)17-22-16-23(28)11-12-24(22)33-18-26(32)34-27(3,4)5/h6-12,16,19-20H,13-15,17-18H2,1-5H3/t19-,20+/m0/s1. The summed E-state index contributed by atoms with van der Waals surface area (Å²) in [6, 6.07) is 15.5. The van der Waals surface area contributed by atoms with E-state index >= 15 is 0 Å². The van der Waals surface area contributed by atoms with Crippen molar-refractivity contribution in [3.8, 4) is 5.75 Å². The monoisotopic (exact) mass is 486 g/mol. The second-order valence-electron chi connectivity index (χ2n) is 9.83. The van der Waals surface area contributed by atoms with Crippen molar-refractivity contribution < 1.29 is 19.1 Å². The van der Waals surface area contributed by atoms with Gasteiger partial charge in [-0.1, -0.05) is 41.9 Å². The summed E-state index contributed by atoms with van der Waals surface area (Å²) in [5, 5.41) is 0.608. The molecule has 0 saturated carbocycles. The molecular formula is C27H35ClN2O4. The Kier molecular flexibility index (Phi) is 8.61. The summed E-state index contributed by atoms with van der Waals surface area (Å²) in [6.07, 6.45) is 0.412. The van der Waals surface area contributed by atoms with Crippen molar-refractivity contribution in [1.29, 1.82) is 0 Å². The number of piperazine rings is 1. The summed E-state index contributed by atoms with van der Waals surface area (Å²) >= 11 is 6.27. The van der Waals surface area contributed by atoms with E-state index in [2.05, 4.69) is 18.7 Å². The van der Waals surface area contributed by atoms with Gasteiger partial charge in [0.1, 0.15) is 11.4 Å². The topological polar surface area (TPSA) is 59.1 Å². The number of hydrogen-bond donors (Lipinski definition) is 0. The third kappa shape index (κ3) is 7.21. The first-order valence-electron chi connectivity index (χ1n) is 11.7. The van der Waals surface area contributed by atoms with Crippen LogP contribution in [0.4, 0.5) is 0 Å². The Hall–Kier alpha value is -2.57. The molecule has 0 aromatic heterocycles. The molecule has 2 atom stereocenters. The number of carbonyl (C=O) groups excluding carboxylic acids is 2. The zero-order valence-electron chi connectivity index (χ0n) is 20.7. The third-order valence-corrected chi connectivity index (χ3v) is 6.31. The molecule has 0 spiro atoms. The first kappa shape index (κ1) is 26.0. The van der Waals surface area contributed by atoms with E-state index < -0.39 is 11.6 Å². The largest absolute Gasteiger partial charge is 0.482 e. The summed E-state index contributed by atoms with van der Waals surface area (Å²) in [6.45, 7) is 11.5. The minimum Gasteiger partial charge on any atom is -0.482 e. The van der Waals surface area contributed by atoms with Crippen molar-refractivity contribution in [1.82, 2.24) is 9.80 Å². The van der Waals surface area contributed by atoms with Crippen molar-refractivity contribution >= 4 is 23.5 Å². The fraction of sp³-hybridized carbons (Fsp3) is 0.481. The number of benzene rings is 2. The molecule has 0 bridgehead atoms. The molecule has 1 amide bonds. The summed E-state index contributed by atoms with van der Waals surface area (Å²) in [5.41, 5.74) is 1.37. The van der Waals surface area contributed by atoms with Gasteiger partial charge >= 0.3 is 5.97 Å². The highest BCUT2D eigenvalue weighted by Gasteiger charge is 2.33. The number of amides is 1. The van der Waals surface area contributed by atoms with Crippen LogP contribution in [-0.4, -0.2) is 59.1 Å². The number of carbonyl (C=O) groups is 2. The zero-order chi connectivity index (χ0) is 24.9. The summed E-state index contributed by atoms with van der Waals surface area (Å²) in [5.74, 6) is 0.341. The average Bonchev–Trinajstić information content (AvgIpc) is 2.76. The molecular weight excluding hydrogens is 452 g/mol. The molecule has 34 heavy (non-hydrogen) atoms. The zero-order valence-corrected chi connectivity index (χ0v) is 21.5. The lowest BCUT2D eigenvalue weighted by atomic mass is 10.0. The highest BCUT2D eigenvalue weighted by molar-refractivity contribution is 6.30. The van der Waals surface area contributed by atoms with Gasteiger partial charge in [0, 0.05) is 42.3 Å². The van der Waals surface area contributed by atoms with Gasteiger partial charge in [0.15, 0.2) is 6.61 Å². The van der Waals surface area contributed by atoms with Crippen LogP contribution in [0, 0.1) is 0 Å². The summed E-state index contributed by atoms with van der Waals surface area (Å²) < 4.78 is 11.1. The van der Waals surface area contributed by atoms with Crippen LogP contribution in [0.1, 0.15) is 45.7 Å². The minimum atomic E-state index is -0.563. The van der Waals surface area contributed by atoms with Gasteiger partial charge in [0.2, 0.25) is 5.91 Å². The van der Waals surface area contributed by atoms with Crippen LogP contribution in [0.25, 0.3) is 0 Å². The number of halogens is 1. The second kappa shape index (κ2) is 11.2. The first-order valence-corrected chi connectivity index (χ1v) is 12.1. The van der Waals surface area contributed by atoms with Gasteiger partial charge in [-0.2, -0.15) is 0 Å². The highest BCUT2D eigenvalue weighted by atomic mass is 35.5. The van der Waals surface area contributed by atoms with Crippen LogP contribution in [0.5, 0.6) is 5.75 Å². The van der Waals surface area contributed by atoms with Crippen LogP contribution >= 0.6 is 11.6 Å². The maximum absolute atomic E-state index is 13.0. The van der Waals surface area contributed by atoms with Crippen LogP contribution in [0.2, 0.25) is 5.02 Å². The predicted molar refractivity (Wildman–Crippen MR) is 134 cm³/mol. The van der Waals surface area contributed by atoms with Gasteiger partial charge in [0.05, 0.1) is 6.42 Å². The minimum absolute atomic E-state index is 0.0651. The molecule has 0 unspecified atom stereocenters. The van der Waals surface area contributed by atoms with E-state index in [1.807, 2.05) is 62.1 Å². The first-order chi connectivity index (χ1) is 16.0. The van der Waals surface area contributed by atoms with Crippen LogP contribution in [-0.2, 0) is 27.3 Å². The lowest BCUT2D eigenvalue weighted by Gasteiger charge is -2.45. The summed E-state index contributed by atoms with van der Waals surface area (Å²) in [7, 11) is 0. The van der Waals surface area contributed by atoms with Crippen LogP contribution in [0.15, 0.2) is 48.5 Å². The fourth-order valence-electron chi connectivity index (χ4n) is 4.19. The molecule has 3 rings (SSSR count). The molecule has 1 aliphatic heterocycles. The van der Waals surface area contributed by atoms with E-state index in [0.717, 1.165) is 17.7 Å². The molecule has 184 valence electrons. The SMILES string of the molecule is C[C@@H]1[C@H](C)N(Cc2cc(Cl)ccc2OCC(=O)OC(C)(C)C)CCN1C(=O)Cc1ccccc1. The highest BCUT2D eigenvalue weighted by Crippen LogP contribution is 2.28. The average molecular weight is 487 g/mol. The van der Waals surface area contributed by atoms with Crippen molar-refractivity contribution in [2.24, 2.45) is 0 Å². The van der Waals surface area contributed by atoms with Gasteiger partial charge in [-0.25, -0.2) is 4.79 Å². The van der Waals surface area contributed by atoms with E-state index in [1.54, 1.807) is 12.1 Å². The fourth-order valence-corrected chi connectivity index (χ4v) is 4.39.